The monoisotopic (exact) mass is 395 g/mol. The van der Waals surface area contributed by atoms with Crippen LogP contribution in [0.1, 0.15) is 57.7 Å². The second-order valence-electron chi connectivity index (χ2n) is 8.24. The molecule has 27 heavy (non-hydrogen) atoms. The average Bonchev–Trinajstić information content (AvgIpc) is 3.09. The van der Waals surface area contributed by atoms with Crippen molar-refractivity contribution in [2.75, 3.05) is 6.54 Å². The first-order valence-corrected chi connectivity index (χ1v) is 9.71. The predicted molar refractivity (Wildman–Crippen MR) is 106 cm³/mol. The lowest BCUT2D eigenvalue weighted by Crippen LogP contribution is -2.52. The van der Waals surface area contributed by atoms with Gasteiger partial charge in [-0.3, -0.25) is 9.59 Å². The number of amides is 2. The van der Waals surface area contributed by atoms with Crippen LogP contribution in [0.2, 0.25) is 5.02 Å². The number of nitrogens with two attached hydrogens (primary N) is 1. The molecule has 150 valence electrons. The van der Waals surface area contributed by atoms with Gasteiger partial charge in [-0.25, -0.2) is 0 Å². The largest absolute Gasteiger partial charge is 0.383 e. The van der Waals surface area contributed by atoms with Crippen LogP contribution in [0, 0.1) is 5.41 Å². The summed E-state index contributed by atoms with van der Waals surface area (Å²) in [5, 5.41) is 13.9. The topological polar surface area (TPSA) is 95.7 Å². The molecular formula is C20H30ClN3O3. The summed E-state index contributed by atoms with van der Waals surface area (Å²) in [7, 11) is 0. The number of rotatable bonds is 5. The zero-order valence-electron chi connectivity index (χ0n) is 16.5. The van der Waals surface area contributed by atoms with Crippen molar-refractivity contribution in [3.05, 3.63) is 34.3 Å². The summed E-state index contributed by atoms with van der Waals surface area (Å²) < 4.78 is 0. The lowest BCUT2D eigenvalue weighted by Gasteiger charge is -2.32. The van der Waals surface area contributed by atoms with Crippen molar-refractivity contribution in [2.24, 2.45) is 11.1 Å². The predicted octanol–water partition coefficient (Wildman–Crippen LogP) is 2.37. The fraction of sp³-hybridized carbons (Fsp3) is 0.600. The van der Waals surface area contributed by atoms with E-state index in [1.54, 1.807) is 32.9 Å². The summed E-state index contributed by atoms with van der Waals surface area (Å²) in [5.74, 6) is -0.615. The quantitative estimate of drug-likeness (QED) is 0.713. The number of halogens is 1. The van der Waals surface area contributed by atoms with Crippen LogP contribution < -0.4 is 11.1 Å². The van der Waals surface area contributed by atoms with Crippen molar-refractivity contribution in [1.29, 1.82) is 0 Å². The molecular weight excluding hydrogens is 366 g/mol. The molecule has 1 fully saturated rings. The van der Waals surface area contributed by atoms with E-state index in [9.17, 15) is 14.7 Å². The molecule has 1 heterocycles. The Morgan fingerprint density at radius 3 is 2.67 bits per heavy atom. The maximum absolute atomic E-state index is 12.8. The molecule has 6 nitrogen and oxygen atoms in total. The van der Waals surface area contributed by atoms with E-state index >= 15 is 0 Å². The fourth-order valence-electron chi connectivity index (χ4n) is 3.37. The van der Waals surface area contributed by atoms with Crippen LogP contribution >= 0.6 is 11.6 Å². The van der Waals surface area contributed by atoms with Crippen LogP contribution in [-0.4, -0.2) is 40.5 Å². The van der Waals surface area contributed by atoms with Crippen molar-refractivity contribution in [3.63, 3.8) is 0 Å². The SMILES string of the molecule is CC(NC(=O)[C@@H]1CCCN1C(=O)C(O)C(C)(C)C)c1cc(Cl)ccc1CN. The molecule has 0 aliphatic carbocycles. The van der Waals surface area contributed by atoms with Gasteiger partial charge in [0.15, 0.2) is 0 Å². The molecule has 7 heteroatoms. The lowest BCUT2D eigenvalue weighted by atomic mass is 9.88. The molecule has 0 spiro atoms. The number of likely N-dealkylation sites (tertiary alicyclic amines) is 1. The minimum atomic E-state index is -1.14. The Kier molecular flexibility index (Phi) is 6.89. The van der Waals surface area contributed by atoms with Crippen LogP contribution in [0.15, 0.2) is 18.2 Å². The van der Waals surface area contributed by atoms with Gasteiger partial charge in [0.25, 0.3) is 5.91 Å². The third-order valence-corrected chi connectivity index (χ3v) is 5.28. The smallest absolute Gasteiger partial charge is 0.252 e. The average molecular weight is 396 g/mol. The van der Waals surface area contributed by atoms with Crippen molar-refractivity contribution >= 4 is 23.4 Å². The standard InChI is InChI=1S/C20H30ClN3O3/c1-12(15-10-14(21)8-7-13(15)11-22)23-18(26)16-6-5-9-24(16)19(27)17(25)20(2,3)4/h7-8,10,12,16-17,25H,5-6,9,11,22H2,1-4H3,(H,23,26)/t12?,16-,17?/m0/s1. The molecule has 1 aromatic rings. The Labute approximate surface area is 166 Å². The van der Waals surface area contributed by atoms with Crippen LogP contribution in [0.4, 0.5) is 0 Å². The molecule has 0 aromatic heterocycles. The number of nitrogens with zero attached hydrogens (tertiary/aromatic N) is 1. The van der Waals surface area contributed by atoms with E-state index < -0.39 is 23.5 Å². The van der Waals surface area contributed by atoms with E-state index in [0.29, 0.717) is 24.5 Å². The van der Waals surface area contributed by atoms with E-state index in [0.717, 1.165) is 17.5 Å². The molecule has 4 N–H and O–H groups in total. The minimum Gasteiger partial charge on any atom is -0.383 e. The van der Waals surface area contributed by atoms with Gasteiger partial charge in [-0.1, -0.05) is 38.4 Å². The maximum atomic E-state index is 12.8. The Morgan fingerprint density at radius 2 is 2.07 bits per heavy atom. The molecule has 1 aliphatic heterocycles. The molecule has 0 bridgehead atoms. The first kappa shape index (κ1) is 21.7. The summed E-state index contributed by atoms with van der Waals surface area (Å²) >= 11 is 6.09. The number of carbonyl (C=O) groups excluding carboxylic acids is 2. The molecule has 3 atom stereocenters. The molecule has 1 saturated heterocycles. The van der Waals surface area contributed by atoms with Gasteiger partial charge in [-0.05, 0) is 48.4 Å². The second kappa shape index (κ2) is 8.59. The summed E-state index contributed by atoms with van der Waals surface area (Å²) in [6, 6.07) is 4.56. The highest BCUT2D eigenvalue weighted by Crippen LogP contribution is 2.27. The van der Waals surface area contributed by atoms with Crippen LogP contribution in [0.25, 0.3) is 0 Å². The van der Waals surface area contributed by atoms with Crippen molar-refractivity contribution < 1.29 is 14.7 Å². The van der Waals surface area contributed by atoms with Gasteiger partial charge in [-0.2, -0.15) is 0 Å². The van der Waals surface area contributed by atoms with Crippen molar-refractivity contribution in [2.45, 2.75) is 65.3 Å². The van der Waals surface area contributed by atoms with Crippen LogP contribution in [0.3, 0.4) is 0 Å². The summed E-state index contributed by atoms with van der Waals surface area (Å²) in [5.41, 5.74) is 6.99. The molecule has 1 aliphatic rings. The summed E-state index contributed by atoms with van der Waals surface area (Å²) in [4.78, 5) is 27.0. The number of benzene rings is 1. The lowest BCUT2D eigenvalue weighted by molar-refractivity contribution is -0.150. The van der Waals surface area contributed by atoms with E-state index in [1.807, 2.05) is 13.0 Å². The van der Waals surface area contributed by atoms with Gasteiger partial charge in [0, 0.05) is 18.1 Å². The first-order valence-electron chi connectivity index (χ1n) is 9.33. The zero-order valence-corrected chi connectivity index (χ0v) is 17.2. The highest BCUT2D eigenvalue weighted by atomic mass is 35.5. The molecule has 0 radical (unpaired) electrons. The number of aliphatic hydroxyl groups excluding tert-OH is 1. The normalized spacial score (nSPS) is 19.7. The van der Waals surface area contributed by atoms with Gasteiger partial charge in [-0.15, -0.1) is 0 Å². The maximum Gasteiger partial charge on any atom is 0.252 e. The number of carbonyl (C=O) groups is 2. The summed E-state index contributed by atoms with van der Waals surface area (Å²) in [6.45, 7) is 8.10. The van der Waals surface area contributed by atoms with E-state index in [2.05, 4.69) is 5.32 Å². The van der Waals surface area contributed by atoms with Crippen molar-refractivity contribution in [1.82, 2.24) is 10.2 Å². The Bertz CT molecular complexity index is 702. The highest BCUT2D eigenvalue weighted by molar-refractivity contribution is 6.30. The fourth-order valence-corrected chi connectivity index (χ4v) is 3.55. The second-order valence-corrected chi connectivity index (χ2v) is 8.67. The number of hydrogen-bond acceptors (Lipinski definition) is 4. The highest BCUT2D eigenvalue weighted by Gasteiger charge is 2.40. The Hall–Kier alpha value is -1.63. The number of nitrogens with one attached hydrogen (secondary N) is 1. The Morgan fingerprint density at radius 1 is 1.41 bits per heavy atom. The first-order chi connectivity index (χ1) is 12.6. The zero-order chi connectivity index (χ0) is 20.4. The van der Waals surface area contributed by atoms with Crippen LogP contribution in [-0.2, 0) is 16.1 Å². The third kappa shape index (κ3) is 5.00. The van der Waals surface area contributed by atoms with Gasteiger partial charge < -0.3 is 21.1 Å². The van der Waals surface area contributed by atoms with Gasteiger partial charge in [0.05, 0.1) is 6.04 Å². The van der Waals surface area contributed by atoms with Crippen LogP contribution in [0.5, 0.6) is 0 Å². The Balaban J connectivity index is 2.13. The molecule has 2 rings (SSSR count). The molecule has 0 saturated carbocycles. The number of aliphatic hydroxyl groups is 1. The van der Waals surface area contributed by atoms with Gasteiger partial charge in [0.2, 0.25) is 5.91 Å². The van der Waals surface area contributed by atoms with E-state index in [1.165, 1.54) is 4.90 Å². The van der Waals surface area contributed by atoms with E-state index in [-0.39, 0.29) is 11.9 Å². The molecule has 2 unspecified atom stereocenters. The van der Waals surface area contributed by atoms with Gasteiger partial charge in [0.1, 0.15) is 12.1 Å². The van der Waals surface area contributed by atoms with Gasteiger partial charge >= 0.3 is 0 Å². The summed E-state index contributed by atoms with van der Waals surface area (Å²) in [6.07, 6.45) is 0.181. The van der Waals surface area contributed by atoms with Crippen molar-refractivity contribution in [3.8, 4) is 0 Å². The molecule has 1 aromatic carbocycles. The van der Waals surface area contributed by atoms with E-state index in [4.69, 9.17) is 17.3 Å². The molecule has 2 amide bonds. The minimum absolute atomic E-state index is 0.225. The number of hydrogen-bond donors (Lipinski definition) is 3. The third-order valence-electron chi connectivity index (χ3n) is 5.05.